The molecule has 5 heteroatoms. The number of aliphatic hydroxyl groups excluding tert-OH is 1. The van der Waals surface area contributed by atoms with Gasteiger partial charge in [-0.3, -0.25) is 0 Å². The van der Waals surface area contributed by atoms with Crippen LogP contribution in [0.1, 0.15) is 31.9 Å². The van der Waals surface area contributed by atoms with Crippen molar-refractivity contribution in [2.75, 3.05) is 6.61 Å². The molecule has 0 amide bonds. The molecule has 1 rings (SSSR count). The summed E-state index contributed by atoms with van der Waals surface area (Å²) in [6.07, 6.45) is -5.11. The predicted molar refractivity (Wildman–Crippen MR) is 66.9 cm³/mol. The topological polar surface area (TPSA) is 29.5 Å². The Morgan fingerprint density at radius 1 is 1.26 bits per heavy atom. The lowest BCUT2D eigenvalue weighted by atomic mass is 9.94. The maximum Gasteiger partial charge on any atom is 0.416 e. The summed E-state index contributed by atoms with van der Waals surface area (Å²) in [5.74, 6) is 0. The third-order valence-electron chi connectivity index (χ3n) is 3.00. The van der Waals surface area contributed by atoms with E-state index in [1.54, 1.807) is 26.8 Å². The molecule has 0 aromatic heterocycles. The van der Waals surface area contributed by atoms with Crippen LogP contribution >= 0.6 is 0 Å². The molecule has 0 bridgehead atoms. The summed E-state index contributed by atoms with van der Waals surface area (Å²) in [7, 11) is 0. The van der Waals surface area contributed by atoms with E-state index in [-0.39, 0.29) is 6.42 Å². The summed E-state index contributed by atoms with van der Waals surface area (Å²) in [5, 5.41) is 10.0. The summed E-state index contributed by atoms with van der Waals surface area (Å²) in [6.45, 7) is 5.68. The van der Waals surface area contributed by atoms with Gasteiger partial charge in [0.2, 0.25) is 0 Å². The van der Waals surface area contributed by atoms with Crippen molar-refractivity contribution in [1.29, 1.82) is 0 Å². The maximum absolute atomic E-state index is 12.6. The zero-order valence-corrected chi connectivity index (χ0v) is 11.3. The van der Waals surface area contributed by atoms with Crippen molar-refractivity contribution in [1.82, 2.24) is 0 Å². The number of benzene rings is 1. The van der Waals surface area contributed by atoms with Crippen LogP contribution in [0.3, 0.4) is 0 Å². The Kier molecular flexibility index (Phi) is 4.98. The second-order valence-corrected chi connectivity index (χ2v) is 4.95. The van der Waals surface area contributed by atoms with Gasteiger partial charge in [-0.1, -0.05) is 18.2 Å². The molecule has 0 aliphatic heterocycles. The maximum atomic E-state index is 12.6. The highest BCUT2D eigenvalue weighted by atomic mass is 19.4. The standard InChI is InChI=1S/C14H19F3O2/c1-4-19-13(2,3)12(18)9-10-6-5-7-11(8-10)14(15,16)17/h5-8,12,18H,4,9H2,1-3H3. The first-order valence-electron chi connectivity index (χ1n) is 6.15. The summed E-state index contributed by atoms with van der Waals surface area (Å²) >= 11 is 0. The minimum Gasteiger partial charge on any atom is -0.390 e. The number of halogens is 3. The van der Waals surface area contributed by atoms with Gasteiger partial charge in [0.25, 0.3) is 0 Å². The molecule has 2 nitrogen and oxygen atoms in total. The molecule has 1 aromatic carbocycles. The lowest BCUT2D eigenvalue weighted by Crippen LogP contribution is -2.40. The number of rotatable bonds is 5. The highest BCUT2D eigenvalue weighted by Gasteiger charge is 2.32. The number of aliphatic hydroxyl groups is 1. The van der Waals surface area contributed by atoms with Gasteiger partial charge < -0.3 is 9.84 Å². The Labute approximate surface area is 111 Å². The Balaban J connectivity index is 2.83. The Hall–Kier alpha value is -1.07. The first kappa shape index (κ1) is 16.0. The molecule has 0 aliphatic rings. The highest BCUT2D eigenvalue weighted by Crippen LogP contribution is 2.30. The van der Waals surface area contributed by atoms with Crippen LogP contribution in [0, 0.1) is 0 Å². The van der Waals surface area contributed by atoms with Crippen LogP contribution in [0.25, 0.3) is 0 Å². The largest absolute Gasteiger partial charge is 0.416 e. The fourth-order valence-electron chi connectivity index (χ4n) is 1.81. The molecule has 0 saturated heterocycles. The summed E-state index contributed by atoms with van der Waals surface area (Å²) < 4.78 is 43.1. The Bertz CT molecular complexity index is 413. The summed E-state index contributed by atoms with van der Waals surface area (Å²) in [6, 6.07) is 4.99. The van der Waals surface area contributed by atoms with Crippen molar-refractivity contribution in [2.24, 2.45) is 0 Å². The van der Waals surface area contributed by atoms with Crippen LogP contribution in [0.5, 0.6) is 0 Å². The molecular formula is C14H19F3O2. The van der Waals surface area contributed by atoms with E-state index in [9.17, 15) is 18.3 Å². The van der Waals surface area contributed by atoms with Gasteiger partial charge in [-0.05, 0) is 32.4 Å². The van der Waals surface area contributed by atoms with E-state index in [1.165, 1.54) is 6.07 Å². The Morgan fingerprint density at radius 2 is 1.89 bits per heavy atom. The van der Waals surface area contributed by atoms with E-state index in [0.717, 1.165) is 12.1 Å². The fourth-order valence-corrected chi connectivity index (χ4v) is 1.81. The molecule has 1 unspecified atom stereocenters. The molecule has 0 heterocycles. The van der Waals surface area contributed by atoms with Gasteiger partial charge >= 0.3 is 6.18 Å². The van der Waals surface area contributed by atoms with Gasteiger partial charge in [0.05, 0.1) is 17.3 Å². The van der Waals surface area contributed by atoms with Crippen molar-refractivity contribution in [2.45, 2.75) is 45.1 Å². The summed E-state index contributed by atoms with van der Waals surface area (Å²) in [5.41, 5.74) is -1.05. The first-order valence-corrected chi connectivity index (χ1v) is 6.15. The molecule has 1 N–H and O–H groups in total. The normalized spacial score (nSPS) is 14.5. The van der Waals surface area contributed by atoms with Crippen molar-refractivity contribution in [3.05, 3.63) is 35.4 Å². The molecule has 1 aromatic rings. The lowest BCUT2D eigenvalue weighted by molar-refractivity contribution is -0.137. The van der Waals surface area contributed by atoms with Gasteiger partial charge in [0, 0.05) is 13.0 Å². The molecule has 0 aliphatic carbocycles. The van der Waals surface area contributed by atoms with Crippen LogP contribution in [0.15, 0.2) is 24.3 Å². The van der Waals surface area contributed by atoms with Crippen LogP contribution < -0.4 is 0 Å². The second kappa shape index (κ2) is 5.92. The number of hydrogen-bond donors (Lipinski definition) is 1. The number of ether oxygens (including phenoxy) is 1. The van der Waals surface area contributed by atoms with Gasteiger partial charge in [0.15, 0.2) is 0 Å². The average Bonchev–Trinajstić information content (AvgIpc) is 2.28. The summed E-state index contributed by atoms with van der Waals surface area (Å²) in [4.78, 5) is 0. The molecule has 19 heavy (non-hydrogen) atoms. The third kappa shape index (κ3) is 4.51. The van der Waals surface area contributed by atoms with Gasteiger partial charge in [-0.25, -0.2) is 0 Å². The quantitative estimate of drug-likeness (QED) is 0.893. The van der Waals surface area contributed by atoms with E-state index >= 15 is 0 Å². The predicted octanol–water partition coefficient (Wildman–Crippen LogP) is 3.42. The second-order valence-electron chi connectivity index (χ2n) is 4.95. The van der Waals surface area contributed by atoms with Crippen molar-refractivity contribution in [3.63, 3.8) is 0 Å². The monoisotopic (exact) mass is 276 g/mol. The van der Waals surface area contributed by atoms with E-state index in [0.29, 0.717) is 12.2 Å². The Morgan fingerprint density at radius 3 is 2.42 bits per heavy atom. The molecule has 0 saturated carbocycles. The molecular weight excluding hydrogens is 257 g/mol. The minimum absolute atomic E-state index is 0.122. The molecule has 0 fully saturated rings. The zero-order chi connectivity index (χ0) is 14.7. The van der Waals surface area contributed by atoms with Crippen LogP contribution in [-0.2, 0) is 17.3 Å². The van der Waals surface area contributed by atoms with Crippen LogP contribution in [0.4, 0.5) is 13.2 Å². The van der Waals surface area contributed by atoms with E-state index in [4.69, 9.17) is 4.74 Å². The van der Waals surface area contributed by atoms with Crippen molar-refractivity contribution < 1.29 is 23.0 Å². The molecule has 0 radical (unpaired) electrons. The van der Waals surface area contributed by atoms with Gasteiger partial charge in [-0.2, -0.15) is 13.2 Å². The number of hydrogen-bond acceptors (Lipinski definition) is 2. The smallest absolute Gasteiger partial charge is 0.390 e. The van der Waals surface area contributed by atoms with Crippen molar-refractivity contribution in [3.8, 4) is 0 Å². The third-order valence-corrected chi connectivity index (χ3v) is 3.00. The zero-order valence-electron chi connectivity index (χ0n) is 11.3. The van der Waals surface area contributed by atoms with Gasteiger partial charge in [-0.15, -0.1) is 0 Å². The number of alkyl halides is 3. The first-order chi connectivity index (χ1) is 8.66. The minimum atomic E-state index is -4.36. The van der Waals surface area contributed by atoms with E-state index < -0.39 is 23.4 Å². The van der Waals surface area contributed by atoms with Crippen LogP contribution in [-0.4, -0.2) is 23.4 Å². The van der Waals surface area contributed by atoms with Gasteiger partial charge in [0.1, 0.15) is 0 Å². The fraction of sp³-hybridized carbons (Fsp3) is 0.571. The molecule has 108 valence electrons. The van der Waals surface area contributed by atoms with E-state index in [1.807, 2.05) is 0 Å². The lowest BCUT2D eigenvalue weighted by Gasteiger charge is -2.30. The highest BCUT2D eigenvalue weighted by molar-refractivity contribution is 5.26. The molecule has 0 spiro atoms. The average molecular weight is 276 g/mol. The van der Waals surface area contributed by atoms with E-state index in [2.05, 4.69) is 0 Å². The SMILES string of the molecule is CCOC(C)(C)C(O)Cc1cccc(C(F)(F)F)c1. The van der Waals surface area contributed by atoms with Crippen LogP contribution in [0.2, 0.25) is 0 Å². The van der Waals surface area contributed by atoms with Crippen molar-refractivity contribution >= 4 is 0 Å². The molecule has 1 atom stereocenters.